The molecule has 2 heterocycles. The van der Waals surface area contributed by atoms with Crippen molar-refractivity contribution in [2.75, 3.05) is 25.4 Å². The Morgan fingerprint density at radius 3 is 2.78 bits per heavy atom. The van der Waals surface area contributed by atoms with Crippen LogP contribution in [-0.4, -0.2) is 50.9 Å². The molecule has 3 rings (SSSR count). The van der Waals surface area contributed by atoms with Crippen molar-refractivity contribution in [1.82, 2.24) is 9.62 Å². The molecule has 23 heavy (non-hydrogen) atoms. The van der Waals surface area contributed by atoms with E-state index in [0.717, 1.165) is 32.5 Å². The number of fused-ring (bicyclic) bond motifs is 1. The number of rotatable bonds is 5. The molecule has 128 valence electrons. The van der Waals surface area contributed by atoms with Gasteiger partial charge in [-0.25, -0.2) is 13.1 Å². The molecule has 0 aromatic heterocycles. The lowest BCUT2D eigenvalue weighted by Gasteiger charge is -2.45. The maximum Gasteiger partial charge on any atom is 0.211 e. The van der Waals surface area contributed by atoms with Gasteiger partial charge in [-0.1, -0.05) is 30.3 Å². The standard InChI is InChI=1S/C17H26N2O3S/c1-2-23(20,21)18-16-13-19(11-14-7-4-3-5-8-14)12-15-9-6-10-22-17(15)16/h3-5,7-8,15-18H,2,6,9-13H2,1H3/t15-,16+,17-/m0/s1. The summed E-state index contributed by atoms with van der Waals surface area (Å²) in [5, 5.41) is 0. The van der Waals surface area contributed by atoms with Crippen molar-refractivity contribution in [2.45, 2.75) is 38.5 Å². The van der Waals surface area contributed by atoms with Crippen LogP contribution in [0.25, 0.3) is 0 Å². The zero-order valence-electron chi connectivity index (χ0n) is 13.6. The van der Waals surface area contributed by atoms with Crippen molar-refractivity contribution in [3.05, 3.63) is 35.9 Å². The largest absolute Gasteiger partial charge is 0.376 e. The fourth-order valence-electron chi connectivity index (χ4n) is 3.68. The Bertz CT molecular complexity index is 606. The molecule has 2 saturated heterocycles. The van der Waals surface area contributed by atoms with Gasteiger partial charge in [0, 0.05) is 26.2 Å². The summed E-state index contributed by atoms with van der Waals surface area (Å²) in [6, 6.07) is 10.2. The van der Waals surface area contributed by atoms with E-state index < -0.39 is 10.0 Å². The molecule has 1 aromatic rings. The minimum Gasteiger partial charge on any atom is -0.376 e. The molecule has 5 nitrogen and oxygen atoms in total. The second-order valence-electron chi connectivity index (χ2n) is 6.55. The van der Waals surface area contributed by atoms with E-state index in [9.17, 15) is 8.42 Å². The van der Waals surface area contributed by atoms with Crippen molar-refractivity contribution in [3.8, 4) is 0 Å². The van der Waals surface area contributed by atoms with Crippen LogP contribution in [0.4, 0.5) is 0 Å². The van der Waals surface area contributed by atoms with Crippen molar-refractivity contribution in [3.63, 3.8) is 0 Å². The predicted molar refractivity (Wildman–Crippen MR) is 90.6 cm³/mol. The Labute approximate surface area is 139 Å². The third kappa shape index (κ3) is 4.32. The van der Waals surface area contributed by atoms with Crippen LogP contribution >= 0.6 is 0 Å². The van der Waals surface area contributed by atoms with Gasteiger partial charge in [-0.15, -0.1) is 0 Å². The first kappa shape index (κ1) is 16.9. The summed E-state index contributed by atoms with van der Waals surface area (Å²) in [6.45, 7) is 4.95. The first-order valence-electron chi connectivity index (χ1n) is 8.45. The van der Waals surface area contributed by atoms with Gasteiger partial charge >= 0.3 is 0 Å². The lowest BCUT2D eigenvalue weighted by Crippen LogP contribution is -2.60. The van der Waals surface area contributed by atoms with Crippen LogP contribution in [0.2, 0.25) is 0 Å². The second-order valence-corrected chi connectivity index (χ2v) is 8.59. The fraction of sp³-hybridized carbons (Fsp3) is 0.647. The molecule has 0 bridgehead atoms. The molecule has 0 radical (unpaired) electrons. The summed E-state index contributed by atoms with van der Waals surface area (Å²) in [4.78, 5) is 2.36. The van der Waals surface area contributed by atoms with Crippen molar-refractivity contribution in [2.24, 2.45) is 5.92 Å². The maximum atomic E-state index is 12.0. The van der Waals surface area contributed by atoms with Crippen LogP contribution < -0.4 is 4.72 Å². The highest BCUT2D eigenvalue weighted by atomic mass is 32.2. The minimum atomic E-state index is -3.22. The smallest absolute Gasteiger partial charge is 0.211 e. The Morgan fingerprint density at radius 2 is 2.04 bits per heavy atom. The lowest BCUT2D eigenvalue weighted by atomic mass is 9.85. The summed E-state index contributed by atoms with van der Waals surface area (Å²) in [5.41, 5.74) is 1.26. The van der Waals surface area contributed by atoms with Gasteiger partial charge in [0.1, 0.15) is 0 Å². The molecule has 0 aliphatic carbocycles. The maximum absolute atomic E-state index is 12.0. The summed E-state index contributed by atoms with van der Waals surface area (Å²) in [5.74, 6) is 0.519. The Kier molecular flexibility index (Phi) is 5.36. The van der Waals surface area contributed by atoms with Gasteiger partial charge < -0.3 is 4.74 Å². The van der Waals surface area contributed by atoms with Gasteiger partial charge in [0.15, 0.2) is 0 Å². The third-order valence-electron chi connectivity index (χ3n) is 4.80. The number of benzene rings is 1. The summed E-state index contributed by atoms with van der Waals surface area (Å²) >= 11 is 0. The molecule has 1 N–H and O–H groups in total. The monoisotopic (exact) mass is 338 g/mol. The average Bonchev–Trinajstić information content (AvgIpc) is 2.55. The summed E-state index contributed by atoms with van der Waals surface area (Å²) < 4.78 is 32.8. The zero-order valence-corrected chi connectivity index (χ0v) is 14.5. The van der Waals surface area contributed by atoms with E-state index in [1.807, 2.05) is 18.2 Å². The van der Waals surface area contributed by atoms with Crippen LogP contribution in [0, 0.1) is 5.92 Å². The molecular formula is C17H26N2O3S. The van der Waals surface area contributed by atoms with Gasteiger partial charge in [0.2, 0.25) is 10.0 Å². The number of sulfonamides is 1. The molecule has 2 aliphatic heterocycles. The average molecular weight is 338 g/mol. The molecule has 0 saturated carbocycles. The first-order chi connectivity index (χ1) is 11.1. The van der Waals surface area contributed by atoms with E-state index in [2.05, 4.69) is 21.8 Å². The molecule has 2 fully saturated rings. The zero-order chi connectivity index (χ0) is 16.3. The summed E-state index contributed by atoms with van der Waals surface area (Å²) in [7, 11) is -3.22. The van der Waals surface area contributed by atoms with Crippen molar-refractivity contribution in [1.29, 1.82) is 0 Å². The van der Waals surface area contributed by atoms with Gasteiger partial charge in [-0.2, -0.15) is 0 Å². The number of ether oxygens (including phenoxy) is 1. The fourth-order valence-corrected chi connectivity index (χ4v) is 4.52. The number of nitrogens with zero attached hydrogens (tertiary/aromatic N) is 1. The third-order valence-corrected chi connectivity index (χ3v) is 6.22. The number of likely N-dealkylation sites (tertiary alicyclic amines) is 1. The number of hydrogen-bond donors (Lipinski definition) is 1. The van der Waals surface area contributed by atoms with Gasteiger partial charge in [0.05, 0.1) is 17.9 Å². The summed E-state index contributed by atoms with van der Waals surface area (Å²) in [6.07, 6.45) is 2.19. The second kappa shape index (κ2) is 7.30. The van der Waals surface area contributed by atoms with Crippen LogP contribution in [0.3, 0.4) is 0 Å². The molecular weight excluding hydrogens is 312 g/mol. The van der Waals surface area contributed by atoms with E-state index in [1.54, 1.807) is 6.92 Å². The Hall–Kier alpha value is -0.950. The van der Waals surface area contributed by atoms with E-state index in [0.29, 0.717) is 12.5 Å². The van der Waals surface area contributed by atoms with Gasteiger partial charge in [-0.05, 0) is 31.2 Å². The van der Waals surface area contributed by atoms with E-state index in [1.165, 1.54) is 5.56 Å². The number of hydrogen-bond acceptors (Lipinski definition) is 4. The normalized spacial score (nSPS) is 29.2. The van der Waals surface area contributed by atoms with Crippen molar-refractivity contribution >= 4 is 10.0 Å². The molecule has 0 unspecified atom stereocenters. The highest BCUT2D eigenvalue weighted by Crippen LogP contribution is 2.29. The predicted octanol–water partition coefficient (Wildman–Crippen LogP) is 1.61. The Balaban J connectivity index is 1.73. The number of piperidine rings is 1. The highest BCUT2D eigenvalue weighted by molar-refractivity contribution is 7.89. The topological polar surface area (TPSA) is 58.6 Å². The quantitative estimate of drug-likeness (QED) is 0.886. The molecule has 0 amide bonds. The van der Waals surface area contributed by atoms with Crippen LogP contribution in [0.15, 0.2) is 30.3 Å². The van der Waals surface area contributed by atoms with E-state index in [-0.39, 0.29) is 17.9 Å². The van der Waals surface area contributed by atoms with Crippen LogP contribution in [-0.2, 0) is 21.3 Å². The number of nitrogens with one attached hydrogen (secondary N) is 1. The molecule has 6 heteroatoms. The molecule has 2 aliphatic rings. The lowest BCUT2D eigenvalue weighted by molar-refractivity contribution is -0.0823. The van der Waals surface area contributed by atoms with Gasteiger partial charge in [-0.3, -0.25) is 4.90 Å². The molecule has 1 aromatic carbocycles. The SMILES string of the molecule is CCS(=O)(=O)N[C@@H]1CN(Cc2ccccc2)C[C@@H]2CCCO[C@@H]21. The van der Waals surface area contributed by atoms with Crippen LogP contribution in [0.1, 0.15) is 25.3 Å². The van der Waals surface area contributed by atoms with Crippen molar-refractivity contribution < 1.29 is 13.2 Å². The van der Waals surface area contributed by atoms with Gasteiger partial charge in [0.25, 0.3) is 0 Å². The van der Waals surface area contributed by atoms with E-state index in [4.69, 9.17) is 4.74 Å². The molecule has 3 atom stereocenters. The minimum absolute atomic E-state index is 0.0112. The van der Waals surface area contributed by atoms with Crippen LogP contribution in [0.5, 0.6) is 0 Å². The molecule has 0 spiro atoms. The highest BCUT2D eigenvalue weighted by Gasteiger charge is 2.40. The first-order valence-corrected chi connectivity index (χ1v) is 10.1. The van der Waals surface area contributed by atoms with E-state index >= 15 is 0 Å². The Morgan fingerprint density at radius 1 is 1.26 bits per heavy atom.